The number of aromatic nitrogens is 2. The Balaban J connectivity index is 1.76. The van der Waals surface area contributed by atoms with Crippen LogP contribution in [0.3, 0.4) is 0 Å². The largest absolute Gasteiger partial charge is 0.351 e. The molecule has 2 N–H and O–H groups in total. The fraction of sp³-hybridized carbons (Fsp3) is 0.444. The van der Waals surface area contributed by atoms with Crippen LogP contribution in [0.4, 0.5) is 4.39 Å². The first-order valence-corrected chi connectivity index (χ1v) is 10.6. The molecular formula is C18H23FN4O3S. The molecule has 27 heavy (non-hydrogen) atoms. The second-order valence-corrected chi connectivity index (χ2v) is 9.19. The lowest BCUT2D eigenvalue weighted by Crippen LogP contribution is -2.57. The van der Waals surface area contributed by atoms with Crippen molar-refractivity contribution in [2.75, 3.05) is 19.3 Å². The lowest BCUT2D eigenvalue weighted by atomic mass is 9.95. The molecule has 1 amide bonds. The molecule has 0 bridgehead atoms. The van der Waals surface area contributed by atoms with E-state index < -0.39 is 20.5 Å². The highest BCUT2D eigenvalue weighted by molar-refractivity contribution is 7.92. The van der Waals surface area contributed by atoms with Gasteiger partial charge in [0.1, 0.15) is 5.82 Å². The summed E-state index contributed by atoms with van der Waals surface area (Å²) < 4.78 is 37.9. The van der Waals surface area contributed by atoms with Crippen LogP contribution in [-0.4, -0.2) is 48.2 Å². The fourth-order valence-electron chi connectivity index (χ4n) is 3.33. The standard InChI is InChI=1S/C18H23FN4O3S/c1-13-14(12-23(22-13)16-5-3-15(19)4-6-16)11-21-17(24)18(27(2,25)26)7-9-20-10-8-18/h3-6,12,20H,7-11H2,1-2H3,(H,21,24). The molecule has 1 fully saturated rings. The number of hydrogen-bond acceptors (Lipinski definition) is 5. The number of halogens is 1. The molecule has 0 radical (unpaired) electrons. The summed E-state index contributed by atoms with van der Waals surface area (Å²) in [4.78, 5) is 12.8. The number of sulfone groups is 1. The zero-order valence-electron chi connectivity index (χ0n) is 15.3. The maximum absolute atomic E-state index is 13.1. The molecule has 3 rings (SSSR count). The molecule has 1 aromatic heterocycles. The molecule has 9 heteroatoms. The normalized spacial score (nSPS) is 16.9. The van der Waals surface area contributed by atoms with Gasteiger partial charge in [0.2, 0.25) is 5.91 Å². The lowest BCUT2D eigenvalue weighted by Gasteiger charge is -2.34. The predicted octanol–water partition coefficient (Wildman–Crippen LogP) is 1.10. The molecule has 0 saturated carbocycles. The molecule has 146 valence electrons. The van der Waals surface area contributed by atoms with Crippen molar-refractivity contribution in [3.63, 3.8) is 0 Å². The van der Waals surface area contributed by atoms with Gasteiger partial charge >= 0.3 is 0 Å². The summed E-state index contributed by atoms with van der Waals surface area (Å²) in [6.45, 7) is 2.96. The molecule has 0 spiro atoms. The summed E-state index contributed by atoms with van der Waals surface area (Å²) >= 11 is 0. The summed E-state index contributed by atoms with van der Waals surface area (Å²) in [6, 6.07) is 5.91. The number of hydrogen-bond donors (Lipinski definition) is 2. The van der Waals surface area contributed by atoms with Gasteiger partial charge in [-0.1, -0.05) is 0 Å². The van der Waals surface area contributed by atoms with Gasteiger partial charge < -0.3 is 10.6 Å². The van der Waals surface area contributed by atoms with Crippen molar-refractivity contribution in [3.8, 4) is 5.69 Å². The summed E-state index contributed by atoms with van der Waals surface area (Å²) in [6.07, 6.45) is 3.38. The van der Waals surface area contributed by atoms with E-state index in [4.69, 9.17) is 0 Å². The van der Waals surface area contributed by atoms with Crippen molar-refractivity contribution in [3.05, 3.63) is 47.5 Å². The zero-order valence-corrected chi connectivity index (χ0v) is 16.1. The topological polar surface area (TPSA) is 93.1 Å². The first kappa shape index (κ1) is 19.5. The van der Waals surface area contributed by atoms with E-state index in [9.17, 15) is 17.6 Å². The molecular weight excluding hydrogens is 371 g/mol. The van der Waals surface area contributed by atoms with Crippen LogP contribution in [-0.2, 0) is 21.2 Å². The summed E-state index contributed by atoms with van der Waals surface area (Å²) in [5, 5.41) is 10.2. The Morgan fingerprint density at radius 3 is 2.52 bits per heavy atom. The molecule has 2 heterocycles. The Morgan fingerprint density at radius 1 is 1.30 bits per heavy atom. The van der Waals surface area contributed by atoms with E-state index in [0.29, 0.717) is 24.5 Å². The molecule has 0 aliphatic carbocycles. The quantitative estimate of drug-likeness (QED) is 0.792. The first-order valence-electron chi connectivity index (χ1n) is 8.73. The van der Waals surface area contributed by atoms with Gasteiger partial charge in [0, 0.05) is 24.6 Å². The smallest absolute Gasteiger partial charge is 0.241 e. The third kappa shape index (κ3) is 3.89. The van der Waals surface area contributed by atoms with Crippen molar-refractivity contribution in [1.82, 2.24) is 20.4 Å². The Kier molecular flexibility index (Phi) is 5.34. The maximum atomic E-state index is 13.1. The van der Waals surface area contributed by atoms with Crippen LogP contribution in [0.2, 0.25) is 0 Å². The third-order valence-corrected chi connectivity index (χ3v) is 7.08. The Hall–Kier alpha value is -2.26. The van der Waals surface area contributed by atoms with Crippen LogP contribution in [0.5, 0.6) is 0 Å². The van der Waals surface area contributed by atoms with E-state index in [1.807, 2.05) is 0 Å². The highest BCUT2D eigenvalue weighted by atomic mass is 32.2. The van der Waals surface area contributed by atoms with Gasteiger partial charge in [0.25, 0.3) is 0 Å². The van der Waals surface area contributed by atoms with Crippen LogP contribution in [0.15, 0.2) is 30.5 Å². The van der Waals surface area contributed by atoms with E-state index in [1.54, 1.807) is 29.9 Å². The van der Waals surface area contributed by atoms with Crippen molar-refractivity contribution < 1.29 is 17.6 Å². The number of rotatable bonds is 5. The van der Waals surface area contributed by atoms with E-state index in [2.05, 4.69) is 15.7 Å². The van der Waals surface area contributed by atoms with Crippen LogP contribution in [0.25, 0.3) is 5.69 Å². The molecule has 1 aromatic carbocycles. The van der Waals surface area contributed by atoms with E-state index >= 15 is 0 Å². The second-order valence-electron chi connectivity index (χ2n) is 6.86. The predicted molar refractivity (Wildman–Crippen MR) is 99.8 cm³/mol. The van der Waals surface area contributed by atoms with Gasteiger partial charge in [-0.2, -0.15) is 5.10 Å². The molecule has 2 aromatic rings. The van der Waals surface area contributed by atoms with Gasteiger partial charge in [-0.15, -0.1) is 0 Å². The van der Waals surface area contributed by atoms with Crippen LogP contribution in [0, 0.1) is 12.7 Å². The van der Waals surface area contributed by atoms with Gasteiger partial charge in [-0.25, -0.2) is 17.5 Å². The molecule has 1 aliphatic heterocycles. The van der Waals surface area contributed by atoms with Gasteiger partial charge in [-0.3, -0.25) is 4.79 Å². The highest BCUT2D eigenvalue weighted by Gasteiger charge is 2.48. The van der Waals surface area contributed by atoms with Gasteiger partial charge in [-0.05, 0) is 57.1 Å². The summed E-state index contributed by atoms with van der Waals surface area (Å²) in [7, 11) is -3.55. The number of aryl methyl sites for hydroxylation is 1. The summed E-state index contributed by atoms with van der Waals surface area (Å²) in [5.41, 5.74) is 2.17. The highest BCUT2D eigenvalue weighted by Crippen LogP contribution is 2.28. The van der Waals surface area contributed by atoms with Gasteiger partial charge in [0.15, 0.2) is 14.6 Å². The SMILES string of the molecule is Cc1nn(-c2ccc(F)cc2)cc1CNC(=O)C1(S(C)(=O)=O)CCNCC1. The third-order valence-electron chi connectivity index (χ3n) is 5.07. The lowest BCUT2D eigenvalue weighted by molar-refractivity contribution is -0.124. The molecule has 1 aliphatic rings. The number of nitrogens with zero attached hydrogens (tertiary/aromatic N) is 2. The van der Waals surface area contributed by atoms with Crippen LogP contribution < -0.4 is 10.6 Å². The number of carbonyl (C=O) groups is 1. The Morgan fingerprint density at radius 2 is 1.93 bits per heavy atom. The molecule has 7 nitrogen and oxygen atoms in total. The zero-order chi connectivity index (χ0) is 19.7. The Bertz CT molecular complexity index is 932. The maximum Gasteiger partial charge on any atom is 0.241 e. The minimum atomic E-state index is -3.55. The van der Waals surface area contributed by atoms with E-state index in [0.717, 1.165) is 11.8 Å². The van der Waals surface area contributed by atoms with Crippen LogP contribution >= 0.6 is 0 Å². The Labute approximate surface area is 157 Å². The summed E-state index contributed by atoms with van der Waals surface area (Å²) in [5.74, 6) is -0.802. The number of benzene rings is 1. The number of piperidine rings is 1. The average molecular weight is 394 g/mol. The minimum absolute atomic E-state index is 0.177. The van der Waals surface area contributed by atoms with Gasteiger partial charge in [0.05, 0.1) is 11.4 Å². The number of amides is 1. The molecule has 1 saturated heterocycles. The van der Waals surface area contributed by atoms with E-state index in [-0.39, 0.29) is 25.2 Å². The minimum Gasteiger partial charge on any atom is -0.351 e. The van der Waals surface area contributed by atoms with Crippen molar-refractivity contribution in [2.45, 2.75) is 31.1 Å². The monoisotopic (exact) mass is 394 g/mol. The van der Waals surface area contributed by atoms with Crippen molar-refractivity contribution in [2.24, 2.45) is 0 Å². The van der Waals surface area contributed by atoms with Crippen molar-refractivity contribution in [1.29, 1.82) is 0 Å². The first-order chi connectivity index (χ1) is 12.7. The average Bonchev–Trinajstić information content (AvgIpc) is 3.00. The van der Waals surface area contributed by atoms with Crippen molar-refractivity contribution >= 4 is 15.7 Å². The second kappa shape index (κ2) is 7.40. The van der Waals surface area contributed by atoms with E-state index in [1.165, 1.54) is 12.1 Å². The van der Waals surface area contributed by atoms with Crippen LogP contribution in [0.1, 0.15) is 24.1 Å². The molecule has 0 atom stereocenters. The number of nitrogens with one attached hydrogen (secondary N) is 2. The number of carbonyl (C=O) groups excluding carboxylic acids is 1. The molecule has 0 unspecified atom stereocenters. The fourth-order valence-corrected chi connectivity index (χ4v) is 4.68.